The molecule has 1 radical (unpaired) electrons. The minimum Gasteiger partial charge on any atom is -0.184 e. The van der Waals surface area contributed by atoms with E-state index < -0.39 is 0 Å². The Morgan fingerprint density at radius 2 is 1.57 bits per heavy atom. The van der Waals surface area contributed by atoms with Gasteiger partial charge in [0.1, 0.15) is 0 Å². The largest absolute Gasteiger partial charge is 0.184 e. The van der Waals surface area contributed by atoms with E-state index in [9.17, 15) is 0 Å². The average molecular weight is 414 g/mol. The monoisotopic (exact) mass is 411 g/mol. The Balaban J connectivity index is 0. The quantitative estimate of drug-likeness (QED) is 0.342. The molecule has 0 aliphatic rings. The second kappa shape index (κ2) is 14.7. The van der Waals surface area contributed by atoms with Crippen molar-refractivity contribution in [1.29, 1.82) is 0 Å². The fourth-order valence-electron chi connectivity index (χ4n) is 1.65. The number of aryl methyl sites for hydroxylation is 1. The second-order valence-electron chi connectivity index (χ2n) is 3.99. The van der Waals surface area contributed by atoms with Crippen molar-refractivity contribution < 1.29 is 23.3 Å². The first-order valence-corrected chi connectivity index (χ1v) is 11.3. The van der Waals surface area contributed by atoms with E-state index in [4.69, 9.17) is 0 Å². The Morgan fingerprint density at radius 3 is 2.00 bits per heavy atom. The molecule has 0 spiro atoms. The maximum absolute atomic E-state index is 2.89. The summed E-state index contributed by atoms with van der Waals surface area (Å²) >= 11 is 1.66. The molecule has 0 nitrogen and oxygen atoms in total. The minimum absolute atomic E-state index is 0. The topological polar surface area (TPSA) is 0 Å². The normalized spacial score (nSPS) is 8.00. The summed E-state index contributed by atoms with van der Waals surface area (Å²) in [6, 6.07) is 25.3. The molecule has 0 aliphatic heterocycles. The summed E-state index contributed by atoms with van der Waals surface area (Å²) < 4.78 is 0. The van der Waals surface area contributed by atoms with Crippen LogP contribution in [0, 0.1) is 13.0 Å². The third-order valence-corrected chi connectivity index (χ3v) is 2.37. The van der Waals surface area contributed by atoms with E-state index >= 15 is 0 Å². The van der Waals surface area contributed by atoms with Gasteiger partial charge in [-0.15, -0.1) is 65.4 Å². The number of benzene rings is 2. The van der Waals surface area contributed by atoms with Crippen molar-refractivity contribution in [2.45, 2.75) is 13.5 Å². The summed E-state index contributed by atoms with van der Waals surface area (Å²) in [5, 5.41) is 2.69. The third kappa shape index (κ3) is 10.1. The maximum Gasteiger partial charge on any atom is -0.0579 e. The average Bonchev–Trinajstić information content (AvgIpc) is 2.82. The summed E-state index contributed by atoms with van der Waals surface area (Å²) in [5.41, 5.74) is 1.35. The van der Waals surface area contributed by atoms with E-state index in [-0.39, 0.29) is 24.8 Å². The summed E-state index contributed by atoms with van der Waals surface area (Å²) in [6.07, 6.45) is 1.17. The zero-order valence-corrected chi connectivity index (χ0v) is 17.3. The number of hydrogen-bond donors (Lipinski definition) is 0. The van der Waals surface area contributed by atoms with Crippen LogP contribution in [0.4, 0.5) is 0 Å². The molecule has 0 atom stereocenters. The molecule has 3 aromatic carbocycles. The van der Waals surface area contributed by atoms with Crippen LogP contribution in [0.1, 0.15) is 5.56 Å². The first kappa shape index (κ1) is 23.0. The molecule has 21 heavy (non-hydrogen) atoms. The van der Waals surface area contributed by atoms with Crippen LogP contribution < -0.4 is 0 Å². The first-order valence-electron chi connectivity index (χ1n) is 6.14. The van der Waals surface area contributed by atoms with E-state index in [1.807, 2.05) is 30.3 Å². The third-order valence-electron chi connectivity index (χ3n) is 2.37. The Kier molecular flexibility index (Phi) is 16.1. The van der Waals surface area contributed by atoms with Crippen molar-refractivity contribution >= 4 is 41.7 Å². The Hall–Kier alpha value is -0.270. The number of fused-ring (bicyclic) bond motifs is 1. The van der Waals surface area contributed by atoms with Gasteiger partial charge in [0, 0.05) is 0 Å². The molecular weight excluding hydrogens is 394 g/mol. The standard InChI is InChI=1S/C10H9.C6H5.CH3Si.2ClH.Zr/c1-8-6-9-4-2-3-5-10(9)7-8;1-2-4-6-5-3-1;1-2;;;/h2-7H,1H3;1-5H;1H3;2*1H;/q2*-1;;;;+2. The van der Waals surface area contributed by atoms with Gasteiger partial charge in [0.15, 0.2) is 0 Å². The number of halogens is 2. The fraction of sp³-hybridized carbons (Fsp3) is 0.118. The van der Waals surface area contributed by atoms with Gasteiger partial charge in [-0.25, -0.2) is 0 Å². The van der Waals surface area contributed by atoms with Gasteiger partial charge >= 0.3 is 36.0 Å². The summed E-state index contributed by atoms with van der Waals surface area (Å²) in [7, 11) is 0. The predicted molar refractivity (Wildman–Crippen MR) is 95.7 cm³/mol. The van der Waals surface area contributed by atoms with Crippen molar-refractivity contribution in [3.05, 3.63) is 78.4 Å². The van der Waals surface area contributed by atoms with Gasteiger partial charge in [0.05, 0.1) is 0 Å². The summed E-state index contributed by atoms with van der Waals surface area (Å²) in [6.45, 7) is 4.32. The molecule has 0 heterocycles. The van der Waals surface area contributed by atoms with Crippen LogP contribution in [0.25, 0.3) is 10.8 Å². The second-order valence-corrected chi connectivity index (χ2v) is 8.18. The van der Waals surface area contributed by atoms with Crippen molar-refractivity contribution in [3.63, 3.8) is 0 Å². The van der Waals surface area contributed by atoms with Crippen LogP contribution in [0.5, 0.6) is 0 Å². The molecule has 0 N–H and O–H groups in total. The van der Waals surface area contributed by atoms with Gasteiger partial charge in [-0.1, -0.05) is 13.0 Å². The summed E-state index contributed by atoms with van der Waals surface area (Å²) in [4.78, 5) is 0. The van der Waals surface area contributed by atoms with E-state index in [0.29, 0.717) is 0 Å². The van der Waals surface area contributed by atoms with E-state index in [2.05, 4.69) is 55.9 Å². The molecule has 0 fully saturated rings. The molecule has 3 rings (SSSR count). The molecular formula is C17H19Cl2SiZr. The van der Waals surface area contributed by atoms with Crippen molar-refractivity contribution in [3.8, 4) is 0 Å². The zero-order chi connectivity index (χ0) is 13.9. The van der Waals surface area contributed by atoms with E-state index in [0.717, 1.165) is 0 Å². The Morgan fingerprint density at radius 1 is 1.00 bits per heavy atom. The van der Waals surface area contributed by atoms with Gasteiger partial charge in [-0.2, -0.15) is 42.5 Å². The number of rotatable bonds is 0. The Bertz CT molecular complexity index is 534. The van der Waals surface area contributed by atoms with Gasteiger partial charge < -0.3 is 0 Å². The predicted octanol–water partition coefficient (Wildman–Crippen LogP) is 5.40. The van der Waals surface area contributed by atoms with Gasteiger partial charge in [-0.3, -0.25) is 0 Å². The molecule has 0 aromatic heterocycles. The first-order chi connectivity index (χ1) is 9.27. The van der Waals surface area contributed by atoms with Gasteiger partial charge in [0.25, 0.3) is 0 Å². The molecule has 0 amide bonds. The molecule has 0 saturated heterocycles. The molecule has 0 bridgehead atoms. The van der Waals surface area contributed by atoms with Crippen LogP contribution in [0.15, 0.2) is 66.7 Å². The van der Waals surface area contributed by atoms with Crippen LogP contribution in [-0.4, -0.2) is 6.16 Å². The maximum atomic E-state index is 2.89. The van der Waals surface area contributed by atoms with E-state index in [1.54, 1.807) is 23.3 Å². The molecule has 0 aliphatic carbocycles. The van der Waals surface area contributed by atoms with Crippen LogP contribution in [0.2, 0.25) is 6.55 Å². The molecule has 109 valence electrons. The minimum atomic E-state index is 0. The van der Waals surface area contributed by atoms with Gasteiger partial charge in [-0.05, 0) is 0 Å². The van der Waals surface area contributed by atoms with E-state index in [1.165, 1.54) is 22.5 Å². The van der Waals surface area contributed by atoms with Crippen LogP contribution >= 0.6 is 24.8 Å². The van der Waals surface area contributed by atoms with Gasteiger partial charge in [0.2, 0.25) is 0 Å². The number of hydrogen-bond acceptors (Lipinski definition) is 0. The molecule has 0 saturated carbocycles. The smallest absolute Gasteiger partial charge is 0.0579 e. The molecule has 3 aromatic rings. The Labute approximate surface area is 156 Å². The van der Waals surface area contributed by atoms with Crippen molar-refractivity contribution in [2.75, 3.05) is 0 Å². The van der Waals surface area contributed by atoms with Crippen molar-refractivity contribution in [2.24, 2.45) is 0 Å². The SMILES string of the molecule is C[Si]=[Zr+2].Cc1cc2ccccc2[cH-]1.Cl.Cl.[c-]1ccccc1. The molecule has 4 heteroatoms. The van der Waals surface area contributed by atoms with Crippen LogP contribution in [0.3, 0.4) is 0 Å². The summed E-state index contributed by atoms with van der Waals surface area (Å²) in [5.74, 6) is 0. The molecule has 0 unspecified atom stereocenters. The zero-order valence-electron chi connectivity index (χ0n) is 12.2. The van der Waals surface area contributed by atoms with Crippen LogP contribution in [-0.2, 0) is 23.3 Å². The fourth-order valence-corrected chi connectivity index (χ4v) is 1.65. The van der Waals surface area contributed by atoms with Crippen molar-refractivity contribution in [1.82, 2.24) is 0 Å².